The molecule has 5 heteroatoms. The molecule has 0 aromatic rings. The molecule has 0 fully saturated rings. The van der Waals surface area contributed by atoms with Crippen LogP contribution >= 0.6 is 0 Å². The monoisotopic (exact) mass is 778 g/mol. The molecule has 0 aromatic carbocycles. The molecule has 0 aliphatic rings. The summed E-state index contributed by atoms with van der Waals surface area (Å²) in [5.74, 6) is -0.0617. The summed E-state index contributed by atoms with van der Waals surface area (Å²) in [5.41, 5.74) is 0. The molecule has 1 amide bonds. The van der Waals surface area contributed by atoms with Gasteiger partial charge in [0.15, 0.2) is 0 Å². The number of allylic oxidation sites excluding steroid dienone is 1. The van der Waals surface area contributed by atoms with E-state index in [0.717, 1.165) is 32.1 Å². The van der Waals surface area contributed by atoms with Crippen molar-refractivity contribution in [1.82, 2.24) is 5.32 Å². The molecule has 55 heavy (non-hydrogen) atoms. The van der Waals surface area contributed by atoms with Gasteiger partial charge in [-0.1, -0.05) is 257 Å². The van der Waals surface area contributed by atoms with E-state index in [9.17, 15) is 15.0 Å². The number of carbonyl (C=O) groups excluding carboxylic acids is 1. The molecule has 4 N–H and O–H groups in total. The molecule has 0 saturated carbocycles. The highest BCUT2D eigenvalue weighted by Crippen LogP contribution is 2.17. The van der Waals surface area contributed by atoms with Gasteiger partial charge >= 0.3 is 0 Å². The lowest BCUT2D eigenvalue weighted by Crippen LogP contribution is -2.45. The number of carbonyl (C=O) groups is 1. The zero-order chi connectivity index (χ0) is 40.0. The SMILES string of the molecule is CCCCCCCCCCCCCCC/C=C/[C@@H](O)[C@H](CO)NC(=O)CCCCCCCCCCCCCCCCCCCCCCCCCCCCCO. The second kappa shape index (κ2) is 47.5. The maximum Gasteiger partial charge on any atom is 0.220 e. The summed E-state index contributed by atoms with van der Waals surface area (Å²) < 4.78 is 0. The van der Waals surface area contributed by atoms with E-state index in [0.29, 0.717) is 13.0 Å². The molecule has 0 saturated heterocycles. The Bertz CT molecular complexity index is 758. The largest absolute Gasteiger partial charge is 0.396 e. The molecule has 0 spiro atoms. The fraction of sp³-hybridized carbons (Fsp3) is 0.940. The van der Waals surface area contributed by atoms with E-state index in [1.807, 2.05) is 6.08 Å². The predicted molar refractivity (Wildman–Crippen MR) is 241 cm³/mol. The minimum Gasteiger partial charge on any atom is -0.396 e. The molecular formula is C50H99NO4. The van der Waals surface area contributed by atoms with Gasteiger partial charge in [0.25, 0.3) is 0 Å². The highest BCUT2D eigenvalue weighted by atomic mass is 16.3. The molecule has 0 heterocycles. The van der Waals surface area contributed by atoms with Gasteiger partial charge in [-0.2, -0.15) is 0 Å². The maximum atomic E-state index is 12.4. The predicted octanol–water partition coefficient (Wildman–Crippen LogP) is 14.8. The first-order valence-electron chi connectivity index (χ1n) is 25.0. The van der Waals surface area contributed by atoms with Crippen LogP contribution in [0, 0.1) is 0 Å². The van der Waals surface area contributed by atoms with Crippen molar-refractivity contribution in [3.8, 4) is 0 Å². The number of hydrogen-bond acceptors (Lipinski definition) is 4. The van der Waals surface area contributed by atoms with Crippen LogP contribution in [-0.4, -0.2) is 46.6 Å². The molecule has 0 rings (SSSR count). The molecule has 0 unspecified atom stereocenters. The van der Waals surface area contributed by atoms with Gasteiger partial charge in [-0.05, 0) is 25.7 Å². The van der Waals surface area contributed by atoms with Gasteiger partial charge in [-0.25, -0.2) is 0 Å². The maximum absolute atomic E-state index is 12.4. The second-order valence-corrected chi connectivity index (χ2v) is 17.3. The average Bonchev–Trinajstić information content (AvgIpc) is 3.19. The summed E-state index contributed by atoms with van der Waals surface area (Å²) in [5, 5.41) is 31.9. The topological polar surface area (TPSA) is 89.8 Å². The van der Waals surface area contributed by atoms with Gasteiger partial charge in [0.1, 0.15) is 0 Å². The van der Waals surface area contributed by atoms with Crippen molar-refractivity contribution in [2.75, 3.05) is 13.2 Å². The van der Waals surface area contributed by atoms with Crippen LogP contribution in [0.3, 0.4) is 0 Å². The summed E-state index contributed by atoms with van der Waals surface area (Å²) in [7, 11) is 0. The normalized spacial score (nSPS) is 12.9. The second-order valence-electron chi connectivity index (χ2n) is 17.3. The van der Waals surface area contributed by atoms with Crippen molar-refractivity contribution in [1.29, 1.82) is 0 Å². The van der Waals surface area contributed by atoms with Gasteiger partial charge in [-0.15, -0.1) is 0 Å². The number of aliphatic hydroxyl groups excluding tert-OH is 3. The van der Waals surface area contributed by atoms with Gasteiger partial charge in [-0.3, -0.25) is 4.79 Å². The van der Waals surface area contributed by atoms with Crippen LogP contribution < -0.4 is 5.32 Å². The summed E-state index contributed by atoms with van der Waals surface area (Å²) >= 11 is 0. The highest BCUT2D eigenvalue weighted by molar-refractivity contribution is 5.76. The number of hydrogen-bond donors (Lipinski definition) is 4. The van der Waals surface area contributed by atoms with Crippen molar-refractivity contribution in [2.24, 2.45) is 0 Å². The Labute approximate surface area is 344 Å². The lowest BCUT2D eigenvalue weighted by atomic mass is 10.0. The molecule has 0 radical (unpaired) electrons. The van der Waals surface area contributed by atoms with E-state index < -0.39 is 12.1 Å². The fourth-order valence-corrected chi connectivity index (χ4v) is 7.98. The molecular weight excluding hydrogens is 679 g/mol. The Hall–Kier alpha value is -0.910. The van der Waals surface area contributed by atoms with E-state index in [1.165, 1.54) is 231 Å². The molecule has 0 bridgehead atoms. The summed E-state index contributed by atoms with van der Waals surface area (Å²) in [6.45, 7) is 2.39. The third-order valence-electron chi connectivity index (χ3n) is 11.8. The highest BCUT2D eigenvalue weighted by Gasteiger charge is 2.18. The smallest absolute Gasteiger partial charge is 0.220 e. The molecule has 2 atom stereocenters. The number of unbranched alkanes of at least 4 members (excludes halogenated alkanes) is 39. The fourth-order valence-electron chi connectivity index (χ4n) is 7.98. The molecule has 328 valence electrons. The Morgan fingerprint density at radius 2 is 0.727 bits per heavy atom. The Morgan fingerprint density at radius 1 is 0.436 bits per heavy atom. The van der Waals surface area contributed by atoms with Crippen LogP contribution in [0.5, 0.6) is 0 Å². The van der Waals surface area contributed by atoms with Crippen molar-refractivity contribution >= 4 is 5.91 Å². The minimum atomic E-state index is -0.837. The third kappa shape index (κ3) is 44.0. The van der Waals surface area contributed by atoms with Crippen LogP contribution in [0.2, 0.25) is 0 Å². The Balaban J connectivity index is 3.43. The third-order valence-corrected chi connectivity index (χ3v) is 11.8. The Morgan fingerprint density at radius 3 is 1.04 bits per heavy atom. The van der Waals surface area contributed by atoms with Crippen LogP contribution in [0.15, 0.2) is 12.2 Å². The summed E-state index contributed by atoms with van der Waals surface area (Å²) in [6.07, 6.45) is 57.8. The van der Waals surface area contributed by atoms with E-state index in [4.69, 9.17) is 5.11 Å². The Kier molecular flexibility index (Phi) is 46.7. The van der Waals surface area contributed by atoms with Crippen LogP contribution in [-0.2, 0) is 4.79 Å². The minimum absolute atomic E-state index is 0.0617. The summed E-state index contributed by atoms with van der Waals surface area (Å²) in [6, 6.07) is -0.620. The van der Waals surface area contributed by atoms with Gasteiger partial charge in [0.2, 0.25) is 5.91 Å². The summed E-state index contributed by atoms with van der Waals surface area (Å²) in [4.78, 5) is 12.4. The lowest BCUT2D eigenvalue weighted by molar-refractivity contribution is -0.123. The zero-order valence-electron chi connectivity index (χ0n) is 37.2. The van der Waals surface area contributed by atoms with Crippen LogP contribution in [0.25, 0.3) is 0 Å². The number of rotatable bonds is 47. The van der Waals surface area contributed by atoms with E-state index in [1.54, 1.807) is 6.08 Å². The van der Waals surface area contributed by atoms with Crippen molar-refractivity contribution in [2.45, 2.75) is 289 Å². The molecule has 0 aliphatic carbocycles. The lowest BCUT2D eigenvalue weighted by Gasteiger charge is -2.20. The molecule has 0 aromatic heterocycles. The molecule has 5 nitrogen and oxygen atoms in total. The standard InChI is InChI=1S/C50H99NO4/c1-2-3-4-5-6-7-8-9-23-26-29-32-35-38-41-44-49(54)48(47-53)51-50(55)45-42-39-36-33-30-27-24-21-19-17-15-13-11-10-12-14-16-18-20-22-25-28-31-34-37-40-43-46-52/h41,44,48-49,52-54H,2-40,42-43,45-47H2,1H3,(H,51,55)/b44-41+/t48-,49+/m0/s1. The van der Waals surface area contributed by atoms with Crippen molar-refractivity contribution in [3.63, 3.8) is 0 Å². The zero-order valence-corrected chi connectivity index (χ0v) is 37.2. The first-order valence-corrected chi connectivity index (χ1v) is 25.0. The van der Waals surface area contributed by atoms with Crippen LogP contribution in [0.4, 0.5) is 0 Å². The van der Waals surface area contributed by atoms with Crippen molar-refractivity contribution in [3.05, 3.63) is 12.2 Å². The first kappa shape index (κ1) is 54.1. The van der Waals surface area contributed by atoms with E-state index >= 15 is 0 Å². The van der Waals surface area contributed by atoms with Gasteiger partial charge < -0.3 is 20.6 Å². The number of aliphatic hydroxyl groups is 3. The van der Waals surface area contributed by atoms with Crippen LogP contribution in [0.1, 0.15) is 277 Å². The van der Waals surface area contributed by atoms with Gasteiger partial charge in [0, 0.05) is 13.0 Å². The quantitative estimate of drug-likeness (QED) is 0.0366. The number of amides is 1. The molecule has 0 aliphatic heterocycles. The van der Waals surface area contributed by atoms with Gasteiger partial charge in [0.05, 0.1) is 18.8 Å². The average molecular weight is 778 g/mol. The van der Waals surface area contributed by atoms with E-state index in [2.05, 4.69) is 12.2 Å². The first-order chi connectivity index (χ1) is 27.2. The number of nitrogens with one attached hydrogen (secondary N) is 1. The van der Waals surface area contributed by atoms with E-state index in [-0.39, 0.29) is 12.5 Å². The van der Waals surface area contributed by atoms with Crippen molar-refractivity contribution < 1.29 is 20.1 Å².